The van der Waals surface area contributed by atoms with E-state index in [0.717, 1.165) is 16.3 Å². The van der Waals surface area contributed by atoms with E-state index in [9.17, 15) is 22.8 Å². The number of carbonyl (C=O) groups is 3. The predicted octanol–water partition coefficient (Wildman–Crippen LogP) is 3.60. The van der Waals surface area contributed by atoms with Gasteiger partial charge in [0.1, 0.15) is 10.9 Å². The van der Waals surface area contributed by atoms with Gasteiger partial charge in [0.2, 0.25) is 11.8 Å². The Balaban J connectivity index is 1.73. The Morgan fingerprint density at radius 1 is 1.09 bits per heavy atom. The molecule has 0 aromatic heterocycles. The minimum atomic E-state index is -3.93. The molecule has 10 heteroatoms. The molecular weight excluding hydrogens is 490 g/mol. The first-order valence-electron chi connectivity index (χ1n) is 11.7. The molecule has 0 radical (unpaired) electrons. The highest BCUT2D eigenvalue weighted by molar-refractivity contribution is 7.90. The summed E-state index contributed by atoms with van der Waals surface area (Å²) in [6.07, 6.45) is 1.32. The third-order valence-corrected chi connectivity index (χ3v) is 7.96. The van der Waals surface area contributed by atoms with Crippen LogP contribution in [0, 0.1) is 0 Å². The highest BCUT2D eigenvalue weighted by Gasteiger charge is 2.40. The highest BCUT2D eigenvalue weighted by atomic mass is 35.5. The molecule has 0 aliphatic carbocycles. The molecule has 2 aromatic rings. The number of nitrogens with one attached hydrogen (secondary N) is 1. The van der Waals surface area contributed by atoms with Gasteiger partial charge >= 0.3 is 0 Å². The van der Waals surface area contributed by atoms with E-state index in [1.165, 1.54) is 17.0 Å². The van der Waals surface area contributed by atoms with Crippen LogP contribution in [0.15, 0.2) is 53.4 Å². The van der Waals surface area contributed by atoms with E-state index in [1.807, 2.05) is 13.8 Å². The fraction of sp³-hybridized carbons (Fsp3) is 0.400. The van der Waals surface area contributed by atoms with Gasteiger partial charge in [-0.3, -0.25) is 14.4 Å². The van der Waals surface area contributed by atoms with Crippen molar-refractivity contribution in [3.05, 3.63) is 64.7 Å². The van der Waals surface area contributed by atoms with Crippen molar-refractivity contribution in [3.8, 4) is 0 Å². The molecular formula is C25H30ClN3O5S. The predicted molar refractivity (Wildman–Crippen MR) is 133 cm³/mol. The third-order valence-electron chi connectivity index (χ3n) is 5.87. The van der Waals surface area contributed by atoms with E-state index >= 15 is 0 Å². The second kappa shape index (κ2) is 11.7. The molecule has 1 aliphatic rings. The molecule has 1 atom stereocenters. The van der Waals surface area contributed by atoms with Crippen LogP contribution >= 0.6 is 11.6 Å². The largest absolute Gasteiger partial charge is 0.354 e. The average Bonchev–Trinajstić information content (AvgIpc) is 3.04. The lowest BCUT2D eigenvalue weighted by Gasteiger charge is -2.31. The molecule has 3 rings (SSSR count). The second-order valence-corrected chi connectivity index (χ2v) is 10.6. The van der Waals surface area contributed by atoms with E-state index in [1.54, 1.807) is 36.4 Å². The number of hydrogen-bond donors (Lipinski definition) is 1. The first kappa shape index (κ1) is 26.7. The Labute approximate surface area is 211 Å². The van der Waals surface area contributed by atoms with Crippen LogP contribution in [-0.4, -0.2) is 54.5 Å². The van der Waals surface area contributed by atoms with Crippen molar-refractivity contribution in [2.45, 2.75) is 57.0 Å². The standard InChI is InChI=1S/C25H30ClN3O5S/c1-3-15-27-24(31)21(4-2)28(17-18-11-13-19(26)14-12-18)23(30)10-7-16-29-25(32)20-8-5-6-9-22(20)35(29,33)34/h5-6,8-9,11-14,21H,3-4,7,10,15-17H2,1-2H3,(H,27,31)/t21-/m0/s1. The smallest absolute Gasteiger partial charge is 0.269 e. The van der Waals surface area contributed by atoms with Crippen molar-refractivity contribution >= 4 is 39.3 Å². The first-order chi connectivity index (χ1) is 16.7. The number of halogens is 1. The first-order valence-corrected chi connectivity index (χ1v) is 13.5. The fourth-order valence-corrected chi connectivity index (χ4v) is 5.78. The Kier molecular flexibility index (Phi) is 8.91. The second-order valence-electron chi connectivity index (χ2n) is 8.35. The zero-order valence-corrected chi connectivity index (χ0v) is 21.4. The normalized spacial score (nSPS) is 14.9. The summed E-state index contributed by atoms with van der Waals surface area (Å²) in [7, 11) is -3.93. The van der Waals surface area contributed by atoms with Gasteiger partial charge in [-0.05, 0) is 49.1 Å². The summed E-state index contributed by atoms with van der Waals surface area (Å²) in [5, 5.41) is 3.42. The molecule has 188 valence electrons. The van der Waals surface area contributed by atoms with E-state index in [2.05, 4.69) is 5.32 Å². The van der Waals surface area contributed by atoms with E-state index in [4.69, 9.17) is 11.6 Å². The van der Waals surface area contributed by atoms with Crippen molar-refractivity contribution in [2.24, 2.45) is 0 Å². The lowest BCUT2D eigenvalue weighted by molar-refractivity contribution is -0.141. The number of benzene rings is 2. The molecule has 1 N–H and O–H groups in total. The minimum Gasteiger partial charge on any atom is -0.354 e. The molecule has 2 aromatic carbocycles. The summed E-state index contributed by atoms with van der Waals surface area (Å²) in [6, 6.07) is 12.4. The van der Waals surface area contributed by atoms with Gasteiger partial charge in [-0.1, -0.05) is 49.7 Å². The fourth-order valence-electron chi connectivity index (χ4n) is 4.04. The lowest BCUT2D eigenvalue weighted by Crippen LogP contribution is -2.49. The Morgan fingerprint density at radius 2 is 1.77 bits per heavy atom. The SMILES string of the molecule is CCCNC(=O)[C@H](CC)N(Cc1ccc(Cl)cc1)C(=O)CCCN1C(=O)c2ccccc2S1(=O)=O. The van der Waals surface area contributed by atoms with Crippen molar-refractivity contribution in [1.29, 1.82) is 0 Å². The molecule has 0 saturated heterocycles. The van der Waals surface area contributed by atoms with E-state index in [0.29, 0.717) is 18.0 Å². The van der Waals surface area contributed by atoms with Gasteiger partial charge in [-0.2, -0.15) is 0 Å². The van der Waals surface area contributed by atoms with Crippen LogP contribution in [0.2, 0.25) is 5.02 Å². The minimum absolute atomic E-state index is 0.0131. The van der Waals surface area contributed by atoms with Crippen LogP contribution < -0.4 is 5.32 Å². The van der Waals surface area contributed by atoms with E-state index < -0.39 is 22.0 Å². The van der Waals surface area contributed by atoms with Gasteiger partial charge < -0.3 is 10.2 Å². The summed E-state index contributed by atoms with van der Waals surface area (Å²) in [5.74, 6) is -1.11. The van der Waals surface area contributed by atoms with Crippen LogP contribution in [0.4, 0.5) is 0 Å². The summed E-state index contributed by atoms with van der Waals surface area (Å²) >= 11 is 5.98. The maximum atomic E-state index is 13.3. The Morgan fingerprint density at radius 3 is 2.40 bits per heavy atom. The van der Waals surface area contributed by atoms with Gasteiger partial charge in [-0.15, -0.1) is 0 Å². The van der Waals surface area contributed by atoms with Crippen LogP contribution in [0.25, 0.3) is 0 Å². The van der Waals surface area contributed by atoms with Gasteiger partial charge in [0.25, 0.3) is 15.9 Å². The molecule has 1 aliphatic heterocycles. The summed E-state index contributed by atoms with van der Waals surface area (Å²) in [6.45, 7) is 4.39. The molecule has 35 heavy (non-hydrogen) atoms. The van der Waals surface area contributed by atoms with Crippen molar-refractivity contribution < 1.29 is 22.8 Å². The number of fused-ring (bicyclic) bond motifs is 1. The molecule has 0 spiro atoms. The van der Waals surface area contributed by atoms with Gasteiger partial charge in [0, 0.05) is 31.1 Å². The van der Waals surface area contributed by atoms with Gasteiger partial charge in [0.05, 0.1) is 5.56 Å². The summed E-state index contributed by atoms with van der Waals surface area (Å²) in [5.41, 5.74) is 0.957. The number of rotatable bonds is 11. The Hall–Kier alpha value is -2.91. The maximum absolute atomic E-state index is 13.3. The monoisotopic (exact) mass is 519 g/mol. The number of hydrogen-bond acceptors (Lipinski definition) is 5. The average molecular weight is 520 g/mol. The Bertz CT molecular complexity index is 1180. The summed E-state index contributed by atoms with van der Waals surface area (Å²) in [4.78, 5) is 40.2. The maximum Gasteiger partial charge on any atom is 0.269 e. The number of carbonyl (C=O) groups excluding carboxylic acids is 3. The van der Waals surface area contributed by atoms with Gasteiger partial charge in [-0.25, -0.2) is 12.7 Å². The number of sulfonamides is 1. The topological polar surface area (TPSA) is 104 Å². The van der Waals surface area contributed by atoms with Crippen LogP contribution in [0.3, 0.4) is 0 Å². The third kappa shape index (κ3) is 6.02. The molecule has 1 heterocycles. The van der Waals surface area contributed by atoms with Crippen LogP contribution in [-0.2, 0) is 26.2 Å². The van der Waals surface area contributed by atoms with Crippen LogP contribution in [0.5, 0.6) is 0 Å². The lowest BCUT2D eigenvalue weighted by atomic mass is 10.1. The molecule has 8 nitrogen and oxygen atoms in total. The molecule has 0 bridgehead atoms. The molecule has 0 unspecified atom stereocenters. The highest BCUT2D eigenvalue weighted by Crippen LogP contribution is 2.30. The zero-order chi connectivity index (χ0) is 25.6. The zero-order valence-electron chi connectivity index (χ0n) is 19.9. The number of amides is 3. The van der Waals surface area contributed by atoms with Crippen molar-refractivity contribution in [1.82, 2.24) is 14.5 Å². The summed E-state index contributed by atoms with van der Waals surface area (Å²) < 4.78 is 26.3. The number of nitrogens with zero attached hydrogens (tertiary/aromatic N) is 2. The van der Waals surface area contributed by atoms with Gasteiger partial charge in [0.15, 0.2) is 0 Å². The van der Waals surface area contributed by atoms with Crippen molar-refractivity contribution in [3.63, 3.8) is 0 Å². The van der Waals surface area contributed by atoms with Crippen molar-refractivity contribution in [2.75, 3.05) is 13.1 Å². The quantitative estimate of drug-likeness (QED) is 0.488. The molecule has 0 saturated carbocycles. The molecule has 3 amide bonds. The van der Waals surface area contributed by atoms with Crippen LogP contribution in [0.1, 0.15) is 55.5 Å². The molecule has 0 fully saturated rings. The van der Waals surface area contributed by atoms with E-state index in [-0.39, 0.29) is 48.2 Å².